The van der Waals surface area contributed by atoms with Crippen molar-refractivity contribution in [2.45, 2.75) is 0 Å². The van der Waals surface area contributed by atoms with Gasteiger partial charge in [0.15, 0.2) is 0 Å². The molecule has 0 saturated heterocycles. The van der Waals surface area contributed by atoms with Crippen LogP contribution in [0.25, 0.3) is 0 Å². The van der Waals surface area contributed by atoms with Gasteiger partial charge >= 0.3 is 0 Å². The van der Waals surface area contributed by atoms with E-state index in [1.807, 2.05) is 0 Å². The molecule has 183 valence electrons. The topological polar surface area (TPSA) is 580 Å². The molecule has 0 bridgehead atoms. The molecule has 27 N–H and O–H groups in total. The SMILES string of the molecule is NN.NN.NN.NN.NN.NN.[Al].[O-][Cl+3]([O-])([O-])O.[O-][Cl+3]([O-])([O-])O.[O-][Cl+3]([O-])([O-])O. The molecule has 0 aliphatic carbocycles. The summed E-state index contributed by atoms with van der Waals surface area (Å²) in [5, 5.41) is 0. The minimum atomic E-state index is -4.69. The van der Waals surface area contributed by atoms with Crippen LogP contribution in [0, 0.1) is 30.7 Å². The first-order valence-corrected chi connectivity index (χ1v) is 7.69. The summed E-state index contributed by atoms with van der Waals surface area (Å²) in [5.41, 5.74) is 0. The molecule has 0 saturated carbocycles. The maximum Gasteiger partial charge on any atom is 0.0777 e. The van der Waals surface area contributed by atoms with Crippen molar-refractivity contribution in [2.24, 2.45) is 70.1 Å². The number of hydrogen-bond acceptors (Lipinski definition) is 24. The van der Waals surface area contributed by atoms with Gasteiger partial charge in [0.25, 0.3) is 0 Å². The van der Waals surface area contributed by atoms with E-state index in [1.165, 1.54) is 0 Å². The molecule has 28 heavy (non-hydrogen) atoms. The average molecular weight is 521 g/mol. The van der Waals surface area contributed by atoms with E-state index in [9.17, 15) is 0 Å². The average Bonchev–Trinajstić information content (AvgIpc) is 2.54. The zero-order valence-corrected chi connectivity index (χ0v) is 17.1. The fourth-order valence-corrected chi connectivity index (χ4v) is 0. The molecule has 0 heterocycles. The molecule has 0 aromatic heterocycles. The van der Waals surface area contributed by atoms with E-state index in [1.54, 1.807) is 0 Å². The standard InChI is InChI=1S/Al.3ClHO4.6H4N2/c;3*2-1(3,4)5;6*1-2/h;3*(H,2,3,4,5);6*1-2H2. The minimum Gasteiger partial charge on any atom is -0.274 e. The van der Waals surface area contributed by atoms with Gasteiger partial charge in [-0.05, 0) is 0 Å². The van der Waals surface area contributed by atoms with Crippen molar-refractivity contribution in [1.82, 2.24) is 0 Å². The van der Waals surface area contributed by atoms with Crippen LogP contribution < -0.4 is 112 Å². The molecular weight excluding hydrogens is 493 g/mol. The van der Waals surface area contributed by atoms with E-state index >= 15 is 0 Å². The molecule has 0 aromatic rings. The Labute approximate surface area is 174 Å². The second-order valence-electron chi connectivity index (χ2n) is 1.19. The van der Waals surface area contributed by atoms with Crippen LogP contribution in [-0.2, 0) is 0 Å². The van der Waals surface area contributed by atoms with Gasteiger partial charge in [-0.15, -0.1) is 0 Å². The summed E-state index contributed by atoms with van der Waals surface area (Å²) in [4.78, 5) is 0. The first-order valence-electron chi connectivity index (χ1n) is 3.90. The second-order valence-corrected chi connectivity index (χ2v) is 3.56. The lowest BCUT2D eigenvalue weighted by Crippen LogP contribution is -2.58. The predicted molar refractivity (Wildman–Crippen MR) is 62.7 cm³/mol. The highest BCUT2D eigenvalue weighted by molar-refractivity contribution is 5.75. The number of halogens is 3. The normalized spacial score (nSPS) is 7.71. The molecule has 0 aliphatic rings. The van der Waals surface area contributed by atoms with Gasteiger partial charge in [0.05, 0.1) is 44.7 Å². The molecule has 0 aromatic carbocycles. The van der Waals surface area contributed by atoms with Crippen LogP contribution in [0.5, 0.6) is 0 Å². The Kier molecular flexibility index (Phi) is 127. The lowest BCUT2D eigenvalue weighted by atomic mass is 13.0. The van der Waals surface area contributed by atoms with E-state index < -0.39 is 30.7 Å². The third-order valence-corrected chi connectivity index (χ3v) is 0. The van der Waals surface area contributed by atoms with Crippen molar-refractivity contribution in [3.05, 3.63) is 0 Å². The Morgan fingerprint density at radius 3 is 0.321 bits per heavy atom. The van der Waals surface area contributed by atoms with E-state index in [2.05, 4.69) is 70.1 Å². The van der Waals surface area contributed by atoms with Crippen LogP contribution in [0.4, 0.5) is 0 Å². The molecule has 0 amide bonds. The minimum absolute atomic E-state index is 0. The number of nitrogens with two attached hydrogens (primary N) is 12. The zero-order chi connectivity index (χ0) is 25.5. The number of hydrazine groups is 6. The molecule has 0 unspecified atom stereocenters. The van der Waals surface area contributed by atoms with E-state index in [0.29, 0.717) is 0 Å². The summed E-state index contributed by atoms with van der Waals surface area (Å²) in [6.45, 7) is 0. The predicted octanol–water partition coefficient (Wildman–Crippen LogP) is -19.8. The first-order chi connectivity index (χ1) is 12.0. The smallest absolute Gasteiger partial charge is 0.0777 e. The van der Waals surface area contributed by atoms with Gasteiger partial charge in [-0.3, -0.25) is 70.1 Å². The van der Waals surface area contributed by atoms with Crippen LogP contribution in [0.15, 0.2) is 0 Å². The van der Waals surface area contributed by atoms with Crippen LogP contribution in [-0.4, -0.2) is 31.3 Å². The second kappa shape index (κ2) is 56.4. The summed E-state index contributed by atoms with van der Waals surface area (Å²) in [5.74, 6) is 48.0. The highest BCUT2D eigenvalue weighted by Gasteiger charge is 1.99. The number of hydrogen-bond donors (Lipinski definition) is 15. The molecule has 0 spiro atoms. The van der Waals surface area contributed by atoms with Gasteiger partial charge in [-0.1, -0.05) is 0 Å². The Bertz CT molecular complexity index is 119. The molecule has 0 aliphatic heterocycles. The summed E-state index contributed by atoms with van der Waals surface area (Å²) < 4.78 is 98.2. The molecule has 0 fully saturated rings. The molecule has 3 radical (unpaired) electrons. The van der Waals surface area contributed by atoms with Crippen molar-refractivity contribution in [2.75, 3.05) is 0 Å². The third kappa shape index (κ3) is 87400. The van der Waals surface area contributed by atoms with Crippen LogP contribution in [0.2, 0.25) is 0 Å². The Morgan fingerprint density at radius 2 is 0.321 bits per heavy atom. The van der Waals surface area contributed by atoms with Crippen molar-refractivity contribution in [3.8, 4) is 0 Å². The quantitative estimate of drug-likeness (QED) is 0.0799. The van der Waals surface area contributed by atoms with Gasteiger partial charge < -0.3 is 0 Å². The van der Waals surface area contributed by atoms with Crippen molar-refractivity contribution >= 4 is 17.4 Å². The summed E-state index contributed by atoms with van der Waals surface area (Å²) in [6, 6.07) is 0. The molecule has 0 rings (SSSR count). The molecule has 0 atom stereocenters. The van der Waals surface area contributed by atoms with Crippen LogP contribution >= 0.6 is 0 Å². The Balaban J connectivity index is -0.0000000169. The highest BCUT2D eigenvalue weighted by atomic mass is 35.7. The van der Waals surface area contributed by atoms with Gasteiger partial charge in [-0.25, -0.2) is 0 Å². The van der Waals surface area contributed by atoms with Gasteiger partial charge in [0, 0.05) is 17.4 Å². The molecule has 24 nitrogen and oxygen atoms in total. The van der Waals surface area contributed by atoms with E-state index in [0.717, 1.165) is 0 Å². The number of rotatable bonds is 0. The summed E-state index contributed by atoms with van der Waals surface area (Å²) in [7, 11) is -14.1. The van der Waals surface area contributed by atoms with E-state index in [-0.39, 0.29) is 17.4 Å². The highest BCUT2D eigenvalue weighted by Crippen LogP contribution is 1.61. The maximum atomic E-state index is 8.60. The van der Waals surface area contributed by atoms with Crippen LogP contribution in [0.3, 0.4) is 0 Å². The van der Waals surface area contributed by atoms with Gasteiger partial charge in [0.2, 0.25) is 0 Å². The van der Waals surface area contributed by atoms with Gasteiger partial charge in [0.1, 0.15) is 0 Å². The van der Waals surface area contributed by atoms with Gasteiger partial charge in [-0.2, -0.15) is 41.9 Å². The fraction of sp³-hybridized carbons (Fsp3) is 0. The molecular formula is H27AlCl3N12O12. The molecule has 28 heteroatoms. The lowest BCUT2D eigenvalue weighted by molar-refractivity contribution is -1.92. The Hall–Kier alpha value is 0.442. The Morgan fingerprint density at radius 1 is 0.321 bits per heavy atom. The first kappa shape index (κ1) is 63.0. The van der Waals surface area contributed by atoms with E-state index in [4.69, 9.17) is 55.9 Å². The lowest BCUT2D eigenvalue weighted by Gasteiger charge is -2.03. The van der Waals surface area contributed by atoms with Crippen molar-refractivity contribution in [3.63, 3.8) is 0 Å². The largest absolute Gasteiger partial charge is 0.274 e. The fourth-order valence-electron chi connectivity index (χ4n) is 0. The summed E-state index contributed by atoms with van der Waals surface area (Å²) >= 11 is 0. The van der Waals surface area contributed by atoms with Crippen LogP contribution in [0.1, 0.15) is 0 Å². The van der Waals surface area contributed by atoms with Crippen molar-refractivity contribution in [1.29, 1.82) is 0 Å². The third-order valence-electron chi connectivity index (χ3n) is 0. The van der Waals surface area contributed by atoms with Crippen molar-refractivity contribution < 1.29 is 86.6 Å². The zero-order valence-electron chi connectivity index (χ0n) is 13.7. The monoisotopic (exact) mass is 519 g/mol. The maximum absolute atomic E-state index is 8.60. The summed E-state index contributed by atoms with van der Waals surface area (Å²) in [6.07, 6.45) is 0.